The first-order chi connectivity index (χ1) is 13.5. The Hall–Kier alpha value is -1.42. The van der Waals surface area contributed by atoms with Crippen LogP contribution in [0.1, 0.15) is 0 Å². The van der Waals surface area contributed by atoms with Crippen molar-refractivity contribution in [2.45, 2.75) is 8.42 Å². The molecule has 0 aliphatic rings. The van der Waals surface area contributed by atoms with Crippen LogP contribution in [0.2, 0.25) is 10.0 Å². The molecule has 28 heavy (non-hydrogen) atoms. The second-order valence-electron chi connectivity index (χ2n) is 5.50. The summed E-state index contributed by atoms with van der Waals surface area (Å²) in [4.78, 5) is 8.95. The van der Waals surface area contributed by atoms with E-state index in [0.29, 0.717) is 20.3 Å². The molecule has 2 aromatic heterocycles. The number of anilines is 2. The molecule has 4 aromatic rings. The van der Waals surface area contributed by atoms with Gasteiger partial charge in [-0.25, -0.2) is 9.97 Å². The zero-order valence-corrected chi connectivity index (χ0v) is 18.8. The maximum absolute atomic E-state index is 6.35. The van der Waals surface area contributed by atoms with Crippen LogP contribution in [0.5, 0.6) is 0 Å². The molecule has 0 aliphatic carbocycles. The minimum atomic E-state index is 0.494. The van der Waals surface area contributed by atoms with Gasteiger partial charge in [0.25, 0.3) is 0 Å². The van der Waals surface area contributed by atoms with Crippen molar-refractivity contribution in [3.05, 3.63) is 58.6 Å². The Balaban J connectivity index is 1.66. The number of rotatable bonds is 5. The van der Waals surface area contributed by atoms with E-state index in [9.17, 15) is 0 Å². The molecule has 10 heteroatoms. The van der Waals surface area contributed by atoms with Gasteiger partial charge in [-0.1, -0.05) is 82.3 Å². The average molecular weight is 483 g/mol. The van der Waals surface area contributed by atoms with Gasteiger partial charge >= 0.3 is 0 Å². The molecule has 4 N–H and O–H groups in total. The van der Waals surface area contributed by atoms with Gasteiger partial charge in [-0.3, -0.25) is 0 Å². The van der Waals surface area contributed by atoms with E-state index < -0.39 is 0 Å². The first-order valence-corrected chi connectivity index (χ1v) is 12.4. The number of nitrogen functional groups attached to an aromatic ring is 2. The lowest BCUT2D eigenvalue weighted by molar-refractivity contribution is 1.37. The summed E-state index contributed by atoms with van der Waals surface area (Å²) in [6.45, 7) is 0. The van der Waals surface area contributed by atoms with Crippen molar-refractivity contribution < 1.29 is 0 Å². The van der Waals surface area contributed by atoms with E-state index in [1.54, 1.807) is 21.6 Å². The summed E-state index contributed by atoms with van der Waals surface area (Å²) in [5, 5.41) is 2.26. The van der Waals surface area contributed by atoms with Crippen molar-refractivity contribution in [3.8, 4) is 22.5 Å². The summed E-state index contributed by atoms with van der Waals surface area (Å²) < 4.78 is 1.93. The molecular formula is C18H12Cl2N4S4. The quantitative estimate of drug-likeness (QED) is 0.292. The van der Waals surface area contributed by atoms with Gasteiger partial charge in [-0.15, -0.1) is 0 Å². The standard InChI is InChI=1S/C18H12Cl2N4S4/c19-11-7-3-1-5-9(11)13-15(25-17(21)23-13)27-28-16-14(24-18(22)26-16)10-6-2-4-8-12(10)20/h1-8H,(H2,21,23)(H2,22,24). The van der Waals surface area contributed by atoms with E-state index in [1.807, 2.05) is 48.5 Å². The second kappa shape index (κ2) is 8.52. The van der Waals surface area contributed by atoms with Crippen molar-refractivity contribution >= 4 is 77.7 Å². The van der Waals surface area contributed by atoms with Crippen LogP contribution >= 0.6 is 67.5 Å². The molecule has 0 spiro atoms. The highest BCUT2D eigenvalue weighted by atomic mass is 35.5. The van der Waals surface area contributed by atoms with E-state index >= 15 is 0 Å². The van der Waals surface area contributed by atoms with E-state index in [2.05, 4.69) is 9.97 Å². The molecule has 0 amide bonds. The fourth-order valence-corrected chi connectivity index (χ4v) is 7.65. The summed E-state index contributed by atoms with van der Waals surface area (Å²) in [7, 11) is 3.12. The Morgan fingerprint density at radius 3 is 1.46 bits per heavy atom. The molecule has 2 heterocycles. The highest BCUT2D eigenvalue weighted by molar-refractivity contribution is 8.77. The maximum Gasteiger partial charge on any atom is 0.181 e. The maximum atomic E-state index is 6.35. The van der Waals surface area contributed by atoms with Gasteiger partial charge in [0.05, 0.1) is 21.4 Å². The number of thiazole rings is 2. The number of hydrogen-bond acceptors (Lipinski definition) is 8. The molecule has 0 radical (unpaired) electrons. The van der Waals surface area contributed by atoms with E-state index in [0.717, 1.165) is 30.9 Å². The first-order valence-electron chi connectivity index (χ1n) is 7.90. The monoisotopic (exact) mass is 482 g/mol. The largest absolute Gasteiger partial charge is 0.375 e. The van der Waals surface area contributed by atoms with Crippen molar-refractivity contribution in [2.24, 2.45) is 0 Å². The molecule has 0 fully saturated rings. The van der Waals surface area contributed by atoms with Crippen molar-refractivity contribution in [2.75, 3.05) is 11.5 Å². The fraction of sp³-hybridized carbons (Fsp3) is 0. The average Bonchev–Trinajstić information content (AvgIpc) is 3.23. The molecule has 0 aliphatic heterocycles. The molecule has 142 valence electrons. The number of halogens is 2. The van der Waals surface area contributed by atoms with Crippen LogP contribution in [0.25, 0.3) is 22.5 Å². The highest BCUT2D eigenvalue weighted by Gasteiger charge is 2.19. The van der Waals surface area contributed by atoms with Crippen molar-refractivity contribution in [1.29, 1.82) is 0 Å². The molecule has 0 unspecified atom stereocenters. The smallest absolute Gasteiger partial charge is 0.181 e. The Labute approximate surface area is 187 Å². The minimum Gasteiger partial charge on any atom is -0.375 e. The topological polar surface area (TPSA) is 77.8 Å². The van der Waals surface area contributed by atoms with Crippen molar-refractivity contribution in [1.82, 2.24) is 9.97 Å². The van der Waals surface area contributed by atoms with Gasteiger partial charge in [0, 0.05) is 11.1 Å². The Morgan fingerprint density at radius 1 is 0.679 bits per heavy atom. The van der Waals surface area contributed by atoms with Crippen LogP contribution < -0.4 is 11.5 Å². The Bertz CT molecular complexity index is 1050. The number of aromatic nitrogens is 2. The number of nitrogens with two attached hydrogens (primary N) is 2. The lowest BCUT2D eigenvalue weighted by Crippen LogP contribution is -1.85. The van der Waals surface area contributed by atoms with Gasteiger partial charge in [-0.2, -0.15) is 0 Å². The summed E-state index contributed by atoms with van der Waals surface area (Å²) in [6.07, 6.45) is 0. The molecular weight excluding hydrogens is 471 g/mol. The van der Waals surface area contributed by atoms with Crippen LogP contribution in [0.4, 0.5) is 10.3 Å². The van der Waals surface area contributed by atoms with Crippen LogP contribution in [0.15, 0.2) is 56.9 Å². The molecule has 4 nitrogen and oxygen atoms in total. The molecule has 2 aromatic carbocycles. The predicted molar refractivity (Wildman–Crippen MR) is 126 cm³/mol. The van der Waals surface area contributed by atoms with Crippen LogP contribution in [0.3, 0.4) is 0 Å². The predicted octanol–water partition coefficient (Wildman–Crippen LogP) is 7.20. The van der Waals surface area contributed by atoms with Gasteiger partial charge in [0.1, 0.15) is 8.42 Å². The normalized spacial score (nSPS) is 11.1. The zero-order valence-electron chi connectivity index (χ0n) is 14.1. The van der Waals surface area contributed by atoms with Crippen LogP contribution in [-0.4, -0.2) is 9.97 Å². The lowest BCUT2D eigenvalue weighted by Gasteiger charge is -2.05. The SMILES string of the molecule is Nc1nc(-c2ccccc2Cl)c(SSc2sc(N)nc2-c2ccccc2Cl)s1. The number of nitrogens with zero attached hydrogens (tertiary/aromatic N) is 2. The second-order valence-corrected chi connectivity index (χ2v) is 11.0. The molecule has 0 saturated carbocycles. The zero-order chi connectivity index (χ0) is 19.7. The van der Waals surface area contributed by atoms with Crippen LogP contribution in [0, 0.1) is 0 Å². The van der Waals surface area contributed by atoms with E-state index in [1.165, 1.54) is 22.7 Å². The highest BCUT2D eigenvalue weighted by Crippen LogP contribution is 2.51. The van der Waals surface area contributed by atoms with Crippen LogP contribution in [-0.2, 0) is 0 Å². The third-order valence-electron chi connectivity index (χ3n) is 3.68. The Kier molecular flexibility index (Phi) is 6.05. The van der Waals surface area contributed by atoms with Gasteiger partial charge in [-0.05, 0) is 33.7 Å². The third-order valence-corrected chi connectivity index (χ3v) is 9.35. The van der Waals surface area contributed by atoms with Gasteiger partial charge in [0.2, 0.25) is 0 Å². The van der Waals surface area contributed by atoms with Crippen molar-refractivity contribution in [3.63, 3.8) is 0 Å². The summed E-state index contributed by atoms with van der Waals surface area (Å²) >= 11 is 15.6. The summed E-state index contributed by atoms with van der Waals surface area (Å²) in [5.41, 5.74) is 15.2. The van der Waals surface area contributed by atoms with E-state index in [4.69, 9.17) is 34.7 Å². The third kappa shape index (κ3) is 4.12. The minimum absolute atomic E-state index is 0.494. The molecule has 0 atom stereocenters. The fourth-order valence-electron chi connectivity index (χ4n) is 2.48. The van der Waals surface area contributed by atoms with Gasteiger partial charge < -0.3 is 11.5 Å². The number of hydrogen-bond donors (Lipinski definition) is 2. The van der Waals surface area contributed by atoms with Gasteiger partial charge in [0.15, 0.2) is 10.3 Å². The summed E-state index contributed by atoms with van der Waals surface area (Å²) in [6, 6.07) is 15.2. The van der Waals surface area contributed by atoms with E-state index in [-0.39, 0.29) is 0 Å². The lowest BCUT2D eigenvalue weighted by atomic mass is 10.2. The number of benzene rings is 2. The molecule has 0 saturated heterocycles. The molecule has 0 bridgehead atoms. The molecule has 4 rings (SSSR count). The Morgan fingerprint density at radius 2 is 1.07 bits per heavy atom. The summed E-state index contributed by atoms with van der Waals surface area (Å²) in [5.74, 6) is 0. The first kappa shape index (κ1) is 19.9.